The third kappa shape index (κ3) is 30.1. The van der Waals surface area contributed by atoms with Crippen molar-refractivity contribution in [3.05, 3.63) is 48.6 Å². The Morgan fingerprint density at radius 2 is 0.825 bits per heavy atom. The van der Waals surface area contributed by atoms with Gasteiger partial charge in [0.15, 0.2) is 0 Å². The molecule has 0 saturated carbocycles. The summed E-state index contributed by atoms with van der Waals surface area (Å²) in [6.45, 7) is 4.37. The van der Waals surface area contributed by atoms with Crippen LogP contribution in [0.3, 0.4) is 0 Å². The lowest BCUT2D eigenvalue weighted by Crippen LogP contribution is -2.17. The van der Waals surface area contributed by atoms with E-state index in [9.17, 15) is 14.4 Å². The molecule has 0 saturated heterocycles. The van der Waals surface area contributed by atoms with Gasteiger partial charge in [-0.3, -0.25) is 9.59 Å². The summed E-state index contributed by atoms with van der Waals surface area (Å²) in [6, 6.07) is 0. The molecule has 0 aliphatic carbocycles. The van der Waals surface area contributed by atoms with E-state index >= 15 is 0 Å². The molecule has 5 heteroatoms. The summed E-state index contributed by atoms with van der Waals surface area (Å²) in [5.74, 6) is -1.26. The molecule has 40 heavy (non-hydrogen) atoms. The number of ether oxygens (including phenoxy) is 2. The number of esters is 2. The second-order valence-corrected chi connectivity index (χ2v) is 10.4. The predicted octanol–water partition coefficient (Wildman–Crippen LogP) is 11.0. The van der Waals surface area contributed by atoms with Crippen molar-refractivity contribution in [1.82, 2.24) is 0 Å². The lowest BCUT2D eigenvalue weighted by atomic mass is 10.1. The molecule has 5 nitrogen and oxygen atoms in total. The highest BCUT2D eigenvalue weighted by Gasteiger charge is 2.15. The fourth-order valence-electron chi connectivity index (χ4n) is 4.18. The number of allylic oxidation sites excluding steroid dienone is 8. The molecule has 0 atom stereocenters. The molecular formula is C35H58O5. The van der Waals surface area contributed by atoms with Crippen molar-refractivity contribution in [3.63, 3.8) is 0 Å². The van der Waals surface area contributed by atoms with Gasteiger partial charge in [0.2, 0.25) is 0 Å². The molecule has 0 amide bonds. The van der Waals surface area contributed by atoms with Gasteiger partial charge in [-0.2, -0.15) is 0 Å². The summed E-state index contributed by atoms with van der Waals surface area (Å²) in [5.41, 5.74) is 0. The van der Waals surface area contributed by atoms with E-state index in [-0.39, 0.29) is 12.8 Å². The van der Waals surface area contributed by atoms with Crippen molar-refractivity contribution in [1.29, 1.82) is 0 Å². The van der Waals surface area contributed by atoms with E-state index in [1.807, 2.05) is 0 Å². The third-order valence-electron chi connectivity index (χ3n) is 6.57. The Hall–Kier alpha value is -2.43. The smallest absolute Gasteiger partial charge is 0.360 e. The number of carbonyl (C=O) groups excluding carboxylic acids is 3. The second kappa shape index (κ2) is 31.1. The molecule has 0 unspecified atom stereocenters. The van der Waals surface area contributed by atoms with Gasteiger partial charge in [-0.05, 0) is 70.6 Å². The van der Waals surface area contributed by atoms with Gasteiger partial charge in [0.05, 0.1) is 0 Å². The van der Waals surface area contributed by atoms with Crippen LogP contribution in [0.15, 0.2) is 48.6 Å². The van der Waals surface area contributed by atoms with Crippen LogP contribution in [0.2, 0.25) is 0 Å². The quantitative estimate of drug-likeness (QED) is 0.0457. The van der Waals surface area contributed by atoms with Gasteiger partial charge in [0.25, 0.3) is 0 Å². The largest absolute Gasteiger partial charge is 0.524 e. The zero-order valence-corrected chi connectivity index (χ0v) is 25.7. The van der Waals surface area contributed by atoms with Crippen molar-refractivity contribution in [2.45, 2.75) is 155 Å². The maximum atomic E-state index is 11.8. The number of rotatable bonds is 26. The summed E-state index contributed by atoms with van der Waals surface area (Å²) in [7, 11) is 0. The zero-order valence-electron chi connectivity index (χ0n) is 25.7. The highest BCUT2D eigenvalue weighted by atomic mass is 16.8. The first-order chi connectivity index (χ1) is 19.6. The summed E-state index contributed by atoms with van der Waals surface area (Å²) >= 11 is 0. The van der Waals surface area contributed by atoms with E-state index in [0.717, 1.165) is 83.5 Å². The van der Waals surface area contributed by atoms with E-state index in [1.165, 1.54) is 32.1 Å². The van der Waals surface area contributed by atoms with Gasteiger partial charge >= 0.3 is 18.1 Å². The molecule has 0 radical (unpaired) electrons. The van der Waals surface area contributed by atoms with Gasteiger partial charge in [-0.1, -0.05) is 120 Å². The molecule has 0 aromatic heterocycles. The monoisotopic (exact) mass is 558 g/mol. The first-order valence-electron chi connectivity index (χ1n) is 16.1. The van der Waals surface area contributed by atoms with Crippen LogP contribution in [0.1, 0.15) is 155 Å². The normalized spacial score (nSPS) is 11.8. The average Bonchev–Trinajstić information content (AvgIpc) is 2.93. The van der Waals surface area contributed by atoms with Crippen LogP contribution >= 0.6 is 0 Å². The fourth-order valence-corrected chi connectivity index (χ4v) is 4.18. The lowest BCUT2D eigenvalue weighted by Gasteiger charge is -2.04. The van der Waals surface area contributed by atoms with Gasteiger partial charge in [-0.15, -0.1) is 0 Å². The Labute approximate surface area is 245 Å². The minimum atomic E-state index is -1.20. The van der Waals surface area contributed by atoms with Crippen LogP contribution in [0, 0.1) is 0 Å². The molecular weight excluding hydrogens is 500 g/mol. The van der Waals surface area contributed by atoms with E-state index in [2.05, 4.69) is 71.9 Å². The number of unbranched alkanes of at least 4 members (excludes halogenated alkanes) is 14. The standard InChI is InChI=1S/C35H58O5/c1-3-5-7-9-11-13-15-17-18-20-22-24-26-28-30-32-34(37)40-35(38)39-33(36)31-29-27-25-23-21-19-16-14-12-10-8-6-4-2/h5,7,11,13-14,16-18H,3-4,6,8-10,12,15,19-32H2,1-2H3/b7-5-,13-11-,16-14-,18-17-. The molecule has 0 N–H and O–H groups in total. The third-order valence-corrected chi connectivity index (χ3v) is 6.57. The highest BCUT2D eigenvalue weighted by Crippen LogP contribution is 2.11. The van der Waals surface area contributed by atoms with E-state index < -0.39 is 18.1 Å². The van der Waals surface area contributed by atoms with Crippen molar-refractivity contribution in [2.24, 2.45) is 0 Å². The van der Waals surface area contributed by atoms with E-state index in [4.69, 9.17) is 0 Å². The number of hydrogen-bond acceptors (Lipinski definition) is 5. The first kappa shape index (κ1) is 37.6. The lowest BCUT2D eigenvalue weighted by molar-refractivity contribution is -0.146. The summed E-state index contributed by atoms with van der Waals surface area (Å²) in [6.07, 6.45) is 38.4. The van der Waals surface area contributed by atoms with E-state index in [0.29, 0.717) is 12.8 Å². The van der Waals surface area contributed by atoms with Gasteiger partial charge in [0.1, 0.15) is 0 Å². The fraction of sp³-hybridized carbons (Fsp3) is 0.686. The van der Waals surface area contributed by atoms with Gasteiger partial charge in [-0.25, -0.2) is 4.79 Å². The minimum Gasteiger partial charge on any atom is -0.360 e. The topological polar surface area (TPSA) is 69.7 Å². The summed E-state index contributed by atoms with van der Waals surface area (Å²) in [5, 5.41) is 0. The van der Waals surface area contributed by atoms with Crippen molar-refractivity contribution >= 4 is 18.1 Å². The van der Waals surface area contributed by atoms with Crippen molar-refractivity contribution < 1.29 is 23.9 Å². The maximum Gasteiger partial charge on any atom is 0.524 e. The Morgan fingerprint density at radius 1 is 0.450 bits per heavy atom. The summed E-state index contributed by atoms with van der Waals surface area (Å²) < 4.78 is 9.23. The molecule has 0 rings (SSSR count). The highest BCUT2D eigenvalue weighted by molar-refractivity contribution is 5.88. The molecule has 0 aromatic carbocycles. The van der Waals surface area contributed by atoms with Crippen molar-refractivity contribution in [3.8, 4) is 0 Å². The van der Waals surface area contributed by atoms with Crippen LogP contribution in [-0.4, -0.2) is 18.1 Å². The van der Waals surface area contributed by atoms with Crippen LogP contribution in [-0.2, 0) is 19.1 Å². The molecule has 0 bridgehead atoms. The van der Waals surface area contributed by atoms with Crippen LogP contribution in [0.25, 0.3) is 0 Å². The molecule has 0 spiro atoms. The van der Waals surface area contributed by atoms with E-state index in [1.54, 1.807) is 0 Å². The molecule has 0 aliphatic rings. The molecule has 0 fully saturated rings. The average molecular weight is 559 g/mol. The Kier molecular flexibility index (Phi) is 29.2. The Balaban J connectivity index is 3.54. The predicted molar refractivity (Wildman–Crippen MR) is 167 cm³/mol. The second-order valence-electron chi connectivity index (χ2n) is 10.4. The first-order valence-corrected chi connectivity index (χ1v) is 16.1. The van der Waals surface area contributed by atoms with Crippen LogP contribution in [0.4, 0.5) is 4.79 Å². The molecule has 0 aliphatic heterocycles. The molecule has 0 aromatic rings. The van der Waals surface area contributed by atoms with Crippen LogP contribution < -0.4 is 0 Å². The molecule has 0 heterocycles. The SMILES string of the molecule is CC/C=C\C/C=C\C/C=C\CCCCCCCC(=O)OC(=O)OC(=O)CCCCCCC/C=C\CCCCCC. The minimum absolute atomic E-state index is 0.164. The Bertz CT molecular complexity index is 732. The summed E-state index contributed by atoms with van der Waals surface area (Å²) in [4.78, 5) is 35.2. The number of carbonyl (C=O) groups is 3. The Morgan fingerprint density at radius 3 is 1.30 bits per heavy atom. The van der Waals surface area contributed by atoms with Gasteiger partial charge in [0, 0.05) is 12.8 Å². The molecule has 228 valence electrons. The zero-order chi connectivity index (χ0) is 29.4. The van der Waals surface area contributed by atoms with Crippen LogP contribution in [0.5, 0.6) is 0 Å². The van der Waals surface area contributed by atoms with Gasteiger partial charge < -0.3 is 9.47 Å². The maximum absolute atomic E-state index is 11.8. The number of hydrogen-bond donors (Lipinski definition) is 0. The van der Waals surface area contributed by atoms with Crippen molar-refractivity contribution in [2.75, 3.05) is 0 Å².